The summed E-state index contributed by atoms with van der Waals surface area (Å²) in [6, 6.07) is 20.6. The van der Waals surface area contributed by atoms with Crippen LogP contribution >= 0.6 is 15.9 Å². The average molecular weight is 486 g/mol. The Labute approximate surface area is 192 Å². The molecule has 1 aliphatic carbocycles. The molecule has 158 valence electrons. The molecular weight excluding hydrogens is 466 g/mol. The number of halogens is 1. The zero-order valence-corrected chi connectivity index (χ0v) is 18.7. The highest BCUT2D eigenvalue weighted by Gasteiger charge is 2.41. The van der Waals surface area contributed by atoms with E-state index < -0.39 is 5.54 Å². The van der Waals surface area contributed by atoms with Crippen LogP contribution in [0, 0.1) is 0 Å². The van der Waals surface area contributed by atoms with Gasteiger partial charge in [0.05, 0.1) is 22.5 Å². The van der Waals surface area contributed by atoms with Crippen molar-refractivity contribution in [1.29, 1.82) is 0 Å². The predicted octanol–water partition coefficient (Wildman–Crippen LogP) is 4.68. The third kappa shape index (κ3) is 3.04. The van der Waals surface area contributed by atoms with Gasteiger partial charge in [-0.3, -0.25) is 0 Å². The topological polar surface area (TPSA) is 89.3 Å². The predicted molar refractivity (Wildman–Crippen MR) is 128 cm³/mol. The standard InChI is InChI=1S/C25H20BrN5O/c26-21-14-29-31-23-17(13-28-24(21)31)10-20(15-4-2-1-3-5-15)22(30-23)16-6-8-18(9-7-16)25(27)11-19(32)12-25/h1-10,13-14,19,32H,11-12,27H2/t19-,25-. The fourth-order valence-electron chi connectivity index (χ4n) is 4.54. The first-order chi connectivity index (χ1) is 15.5. The number of aromatic nitrogens is 4. The molecule has 6 nitrogen and oxygen atoms in total. The number of pyridine rings is 1. The van der Waals surface area contributed by atoms with Gasteiger partial charge in [0.15, 0.2) is 11.3 Å². The van der Waals surface area contributed by atoms with Gasteiger partial charge >= 0.3 is 0 Å². The number of benzene rings is 2. The zero-order valence-electron chi connectivity index (χ0n) is 17.1. The van der Waals surface area contributed by atoms with Crippen molar-refractivity contribution >= 4 is 32.6 Å². The number of aliphatic hydroxyl groups excluding tert-OH is 1. The lowest BCUT2D eigenvalue weighted by molar-refractivity contribution is 0.0209. The molecule has 0 atom stereocenters. The first kappa shape index (κ1) is 19.5. The van der Waals surface area contributed by atoms with Crippen LogP contribution in [0.4, 0.5) is 0 Å². The third-order valence-corrected chi connectivity index (χ3v) is 6.84. The van der Waals surface area contributed by atoms with Gasteiger partial charge in [0.25, 0.3) is 0 Å². The van der Waals surface area contributed by atoms with E-state index in [0.29, 0.717) is 12.8 Å². The second-order valence-electron chi connectivity index (χ2n) is 8.45. The van der Waals surface area contributed by atoms with Crippen LogP contribution in [-0.2, 0) is 5.54 Å². The quantitative estimate of drug-likeness (QED) is 0.387. The highest BCUT2D eigenvalue weighted by Crippen LogP contribution is 2.40. The van der Waals surface area contributed by atoms with Crippen LogP contribution in [0.2, 0.25) is 0 Å². The van der Waals surface area contributed by atoms with Gasteiger partial charge in [-0.1, -0.05) is 54.6 Å². The van der Waals surface area contributed by atoms with Gasteiger partial charge in [-0.05, 0) is 46.0 Å². The summed E-state index contributed by atoms with van der Waals surface area (Å²) in [5.41, 5.74) is 12.5. The fourth-order valence-corrected chi connectivity index (χ4v) is 4.90. The maximum atomic E-state index is 9.72. The molecule has 3 N–H and O–H groups in total. The molecule has 0 unspecified atom stereocenters. The van der Waals surface area contributed by atoms with Crippen molar-refractivity contribution in [2.45, 2.75) is 24.5 Å². The van der Waals surface area contributed by atoms with E-state index >= 15 is 0 Å². The summed E-state index contributed by atoms with van der Waals surface area (Å²) < 4.78 is 2.59. The van der Waals surface area contributed by atoms with Gasteiger partial charge < -0.3 is 10.8 Å². The summed E-state index contributed by atoms with van der Waals surface area (Å²) >= 11 is 3.51. The summed E-state index contributed by atoms with van der Waals surface area (Å²) in [5, 5.41) is 15.1. The fraction of sp³-hybridized carbons (Fsp3) is 0.160. The molecule has 1 fully saturated rings. The average Bonchev–Trinajstić information content (AvgIpc) is 3.19. The number of nitrogens with two attached hydrogens (primary N) is 1. The van der Waals surface area contributed by atoms with Gasteiger partial charge in [-0.25, -0.2) is 9.97 Å². The molecule has 1 saturated carbocycles. The van der Waals surface area contributed by atoms with Gasteiger partial charge in [0, 0.05) is 28.2 Å². The van der Waals surface area contributed by atoms with Crippen LogP contribution in [0.5, 0.6) is 0 Å². The molecular formula is C25H20BrN5O. The van der Waals surface area contributed by atoms with E-state index in [2.05, 4.69) is 68.5 Å². The van der Waals surface area contributed by atoms with E-state index in [1.165, 1.54) is 0 Å². The van der Waals surface area contributed by atoms with Crippen LogP contribution in [0.25, 0.3) is 39.1 Å². The van der Waals surface area contributed by atoms with E-state index in [1.54, 1.807) is 10.7 Å². The van der Waals surface area contributed by atoms with Crippen LogP contribution in [0.3, 0.4) is 0 Å². The monoisotopic (exact) mass is 485 g/mol. The number of nitrogens with zero attached hydrogens (tertiary/aromatic N) is 4. The van der Waals surface area contributed by atoms with E-state index in [4.69, 9.17) is 10.7 Å². The van der Waals surface area contributed by atoms with Gasteiger partial charge in [-0.15, -0.1) is 0 Å². The smallest absolute Gasteiger partial charge is 0.171 e. The Kier molecular flexibility index (Phi) is 4.40. The molecule has 3 aromatic heterocycles. The van der Waals surface area contributed by atoms with Gasteiger partial charge in [0.1, 0.15) is 0 Å². The van der Waals surface area contributed by atoms with E-state index in [1.807, 2.05) is 24.4 Å². The Morgan fingerprint density at radius 2 is 1.72 bits per heavy atom. The maximum Gasteiger partial charge on any atom is 0.171 e. The zero-order chi connectivity index (χ0) is 21.9. The molecule has 0 radical (unpaired) electrons. The number of fused-ring (bicyclic) bond motifs is 3. The van der Waals surface area contributed by atoms with E-state index in [0.717, 1.165) is 49.1 Å². The van der Waals surface area contributed by atoms with Crippen LogP contribution in [0.15, 0.2) is 77.5 Å². The summed E-state index contributed by atoms with van der Waals surface area (Å²) in [6.45, 7) is 0. The van der Waals surface area contributed by atoms with E-state index in [9.17, 15) is 5.11 Å². The second kappa shape index (κ2) is 7.20. The normalized spacial score (nSPS) is 20.5. The van der Waals surface area contributed by atoms with Crippen molar-refractivity contribution in [2.24, 2.45) is 5.73 Å². The Morgan fingerprint density at radius 3 is 2.44 bits per heavy atom. The molecule has 1 aliphatic rings. The molecule has 0 aliphatic heterocycles. The van der Waals surface area contributed by atoms with Crippen molar-refractivity contribution in [3.63, 3.8) is 0 Å². The third-order valence-electron chi connectivity index (χ3n) is 6.28. The van der Waals surface area contributed by atoms with Crippen LogP contribution < -0.4 is 5.73 Å². The number of rotatable bonds is 3. The summed E-state index contributed by atoms with van der Waals surface area (Å²) in [7, 11) is 0. The van der Waals surface area contributed by atoms with Crippen molar-refractivity contribution in [1.82, 2.24) is 19.6 Å². The first-order valence-electron chi connectivity index (χ1n) is 10.5. The SMILES string of the molecule is N[C@]1(c2ccc(-c3nc4c(cnc5c(Br)cnn54)cc3-c3ccccc3)cc2)C[C@@H](O)C1. The summed E-state index contributed by atoms with van der Waals surface area (Å²) in [5.74, 6) is 0. The Hall–Kier alpha value is -3.13. The molecule has 0 amide bonds. The lowest BCUT2D eigenvalue weighted by Gasteiger charge is -2.42. The molecule has 0 bridgehead atoms. The Bertz CT molecular complexity index is 1460. The Balaban J connectivity index is 1.56. The van der Waals surface area contributed by atoms with Crippen molar-refractivity contribution in [3.8, 4) is 22.4 Å². The van der Waals surface area contributed by atoms with Gasteiger partial charge in [-0.2, -0.15) is 9.61 Å². The van der Waals surface area contributed by atoms with Crippen molar-refractivity contribution < 1.29 is 5.11 Å². The lowest BCUT2D eigenvalue weighted by Crippen LogP contribution is -2.51. The van der Waals surface area contributed by atoms with Crippen LogP contribution in [0.1, 0.15) is 18.4 Å². The first-order valence-corrected chi connectivity index (χ1v) is 11.3. The highest BCUT2D eigenvalue weighted by molar-refractivity contribution is 9.10. The largest absolute Gasteiger partial charge is 0.393 e. The minimum absolute atomic E-state index is 0.309. The molecule has 2 aromatic carbocycles. The molecule has 0 spiro atoms. The molecule has 6 rings (SSSR count). The minimum atomic E-state index is -0.448. The maximum absolute atomic E-state index is 9.72. The summed E-state index contributed by atoms with van der Waals surface area (Å²) in [6.07, 6.45) is 4.44. The minimum Gasteiger partial charge on any atom is -0.393 e. The summed E-state index contributed by atoms with van der Waals surface area (Å²) in [4.78, 5) is 9.62. The van der Waals surface area contributed by atoms with E-state index in [-0.39, 0.29) is 6.10 Å². The van der Waals surface area contributed by atoms with Crippen LogP contribution in [-0.4, -0.2) is 30.8 Å². The number of hydrogen-bond donors (Lipinski definition) is 2. The number of aliphatic hydroxyl groups is 1. The Morgan fingerprint density at radius 1 is 0.969 bits per heavy atom. The molecule has 7 heteroatoms. The molecule has 32 heavy (non-hydrogen) atoms. The highest BCUT2D eigenvalue weighted by atomic mass is 79.9. The lowest BCUT2D eigenvalue weighted by atomic mass is 9.70. The van der Waals surface area contributed by atoms with Gasteiger partial charge in [0.2, 0.25) is 0 Å². The molecule has 5 aromatic rings. The van der Waals surface area contributed by atoms with Crippen molar-refractivity contribution in [2.75, 3.05) is 0 Å². The second-order valence-corrected chi connectivity index (χ2v) is 9.30. The van der Waals surface area contributed by atoms with Crippen molar-refractivity contribution in [3.05, 3.63) is 83.1 Å². The number of hydrogen-bond acceptors (Lipinski definition) is 5. The molecule has 3 heterocycles. The molecule has 0 saturated heterocycles.